The van der Waals surface area contributed by atoms with E-state index in [0.29, 0.717) is 11.1 Å². The summed E-state index contributed by atoms with van der Waals surface area (Å²) >= 11 is 0. The van der Waals surface area contributed by atoms with Crippen molar-refractivity contribution in [2.75, 3.05) is 6.54 Å². The highest BCUT2D eigenvalue weighted by atomic mass is 16.6. The summed E-state index contributed by atoms with van der Waals surface area (Å²) in [5, 5.41) is 22.9. The van der Waals surface area contributed by atoms with Crippen LogP contribution in [0.25, 0.3) is 0 Å². The van der Waals surface area contributed by atoms with Gasteiger partial charge in [-0.2, -0.15) is 0 Å². The van der Waals surface area contributed by atoms with E-state index in [2.05, 4.69) is 5.32 Å². The molecule has 20 heavy (non-hydrogen) atoms. The lowest BCUT2D eigenvalue weighted by Crippen LogP contribution is -2.28. The highest BCUT2D eigenvalue weighted by Crippen LogP contribution is 2.17. The fraction of sp³-hybridized carbons (Fsp3) is 0.154. The number of aliphatic hydroxyl groups is 1. The molecule has 2 rings (SSSR count). The largest absolute Gasteiger partial charge is 0.472 e. The maximum absolute atomic E-state index is 11.6. The summed E-state index contributed by atoms with van der Waals surface area (Å²) < 4.78 is 4.78. The Hall–Kier alpha value is -2.67. The molecule has 1 aromatic heterocycles. The predicted molar refractivity (Wildman–Crippen MR) is 69.1 cm³/mol. The monoisotopic (exact) mass is 276 g/mol. The predicted octanol–water partition coefficient (Wildman–Crippen LogP) is 1.65. The van der Waals surface area contributed by atoms with Crippen molar-refractivity contribution in [3.8, 4) is 0 Å². The van der Waals surface area contributed by atoms with Gasteiger partial charge in [0.15, 0.2) is 0 Å². The third kappa shape index (κ3) is 3.21. The molecule has 0 radical (unpaired) electrons. The molecule has 0 bridgehead atoms. The van der Waals surface area contributed by atoms with Crippen LogP contribution in [0, 0.1) is 10.1 Å². The van der Waals surface area contributed by atoms with Gasteiger partial charge in [-0.1, -0.05) is 0 Å². The van der Waals surface area contributed by atoms with Crippen LogP contribution in [0.1, 0.15) is 22.0 Å². The zero-order valence-electron chi connectivity index (χ0n) is 10.4. The molecule has 0 saturated carbocycles. The van der Waals surface area contributed by atoms with E-state index in [1.54, 1.807) is 0 Å². The lowest BCUT2D eigenvalue weighted by Gasteiger charge is -2.11. The second-order valence-electron chi connectivity index (χ2n) is 4.09. The third-order valence-corrected chi connectivity index (χ3v) is 2.73. The molecule has 2 aromatic rings. The van der Waals surface area contributed by atoms with Crippen molar-refractivity contribution in [1.29, 1.82) is 0 Å². The van der Waals surface area contributed by atoms with Crippen molar-refractivity contribution in [3.05, 3.63) is 64.1 Å². The number of hydrogen-bond donors (Lipinski definition) is 2. The van der Waals surface area contributed by atoms with Crippen LogP contribution in [-0.2, 0) is 0 Å². The number of non-ortho nitro benzene ring substituents is 1. The van der Waals surface area contributed by atoms with E-state index < -0.39 is 11.0 Å². The van der Waals surface area contributed by atoms with Crippen LogP contribution < -0.4 is 5.32 Å². The Morgan fingerprint density at radius 1 is 1.35 bits per heavy atom. The van der Waals surface area contributed by atoms with Gasteiger partial charge < -0.3 is 14.8 Å². The summed E-state index contributed by atoms with van der Waals surface area (Å²) in [6.07, 6.45) is 1.74. The standard InChI is InChI=1S/C13H12N2O5/c16-12(7-14-13(17)10-5-6-20-8-10)9-1-3-11(4-2-9)15(18)19/h1-6,8,12,16H,7H2,(H,14,17). The van der Waals surface area contributed by atoms with E-state index in [1.807, 2.05) is 0 Å². The van der Waals surface area contributed by atoms with Crippen molar-refractivity contribution in [2.45, 2.75) is 6.10 Å². The van der Waals surface area contributed by atoms with Gasteiger partial charge in [-0.25, -0.2) is 0 Å². The Balaban J connectivity index is 1.93. The van der Waals surface area contributed by atoms with Crippen LogP contribution >= 0.6 is 0 Å². The molecule has 1 unspecified atom stereocenters. The second kappa shape index (κ2) is 5.98. The fourth-order valence-electron chi connectivity index (χ4n) is 1.62. The Bertz CT molecular complexity index is 592. The van der Waals surface area contributed by atoms with Gasteiger partial charge in [0.2, 0.25) is 0 Å². The molecule has 0 aliphatic heterocycles. The van der Waals surface area contributed by atoms with Gasteiger partial charge >= 0.3 is 0 Å². The van der Waals surface area contributed by atoms with Crippen LogP contribution in [0.4, 0.5) is 5.69 Å². The minimum Gasteiger partial charge on any atom is -0.472 e. The minimum absolute atomic E-state index is 0.00181. The number of carbonyl (C=O) groups excluding carboxylic acids is 1. The Labute approximate surface area is 114 Å². The number of carbonyl (C=O) groups is 1. The molecule has 1 amide bonds. The van der Waals surface area contributed by atoms with Gasteiger partial charge in [0, 0.05) is 18.7 Å². The summed E-state index contributed by atoms with van der Waals surface area (Å²) in [6.45, 7) is 0.00181. The molecule has 0 aliphatic rings. The molecular weight excluding hydrogens is 264 g/mol. The summed E-state index contributed by atoms with van der Waals surface area (Å²) in [4.78, 5) is 21.6. The quantitative estimate of drug-likeness (QED) is 0.638. The maximum Gasteiger partial charge on any atom is 0.269 e. The summed E-state index contributed by atoms with van der Waals surface area (Å²) in [6, 6.07) is 7.01. The first kappa shape index (κ1) is 13.8. The highest BCUT2D eigenvalue weighted by molar-refractivity contribution is 5.93. The number of hydrogen-bond acceptors (Lipinski definition) is 5. The van der Waals surface area contributed by atoms with Crippen LogP contribution in [-0.4, -0.2) is 22.5 Å². The van der Waals surface area contributed by atoms with Crippen LogP contribution in [0.3, 0.4) is 0 Å². The van der Waals surface area contributed by atoms with Crippen molar-refractivity contribution in [2.24, 2.45) is 0 Å². The van der Waals surface area contributed by atoms with Crippen LogP contribution in [0.15, 0.2) is 47.3 Å². The first-order valence-electron chi connectivity index (χ1n) is 5.81. The molecule has 1 heterocycles. The highest BCUT2D eigenvalue weighted by Gasteiger charge is 2.13. The first-order valence-corrected chi connectivity index (χ1v) is 5.81. The first-order chi connectivity index (χ1) is 9.58. The lowest BCUT2D eigenvalue weighted by molar-refractivity contribution is -0.384. The molecule has 0 aliphatic carbocycles. The van der Waals surface area contributed by atoms with Crippen molar-refractivity contribution >= 4 is 11.6 Å². The smallest absolute Gasteiger partial charge is 0.269 e. The molecule has 7 nitrogen and oxygen atoms in total. The number of nitrogens with one attached hydrogen (secondary N) is 1. The summed E-state index contributed by atoms with van der Waals surface area (Å²) in [5.74, 6) is -0.361. The Morgan fingerprint density at radius 3 is 2.60 bits per heavy atom. The van der Waals surface area contributed by atoms with Gasteiger partial charge in [-0.3, -0.25) is 14.9 Å². The Morgan fingerprint density at radius 2 is 2.05 bits per heavy atom. The molecule has 2 N–H and O–H groups in total. The topological polar surface area (TPSA) is 106 Å². The summed E-state index contributed by atoms with van der Waals surface area (Å²) in [5.41, 5.74) is 0.798. The average Bonchev–Trinajstić information content (AvgIpc) is 2.98. The van der Waals surface area contributed by atoms with E-state index in [1.165, 1.54) is 42.9 Å². The number of nitro benzene ring substituents is 1. The number of benzene rings is 1. The van der Waals surface area contributed by atoms with E-state index >= 15 is 0 Å². The maximum atomic E-state index is 11.6. The molecule has 1 aromatic carbocycles. The van der Waals surface area contributed by atoms with E-state index in [4.69, 9.17) is 4.42 Å². The number of amides is 1. The van der Waals surface area contributed by atoms with E-state index in [-0.39, 0.29) is 18.1 Å². The molecule has 7 heteroatoms. The number of rotatable bonds is 5. The zero-order valence-corrected chi connectivity index (χ0v) is 10.4. The molecule has 0 fully saturated rings. The van der Waals surface area contributed by atoms with Crippen LogP contribution in [0.5, 0.6) is 0 Å². The number of aliphatic hydroxyl groups excluding tert-OH is 1. The zero-order chi connectivity index (χ0) is 14.5. The molecule has 1 atom stereocenters. The average molecular weight is 276 g/mol. The lowest BCUT2D eigenvalue weighted by atomic mass is 10.1. The molecule has 0 spiro atoms. The third-order valence-electron chi connectivity index (χ3n) is 2.73. The number of nitrogens with zero attached hydrogens (tertiary/aromatic N) is 1. The molecular formula is C13H12N2O5. The van der Waals surface area contributed by atoms with E-state index in [0.717, 1.165) is 0 Å². The summed E-state index contributed by atoms with van der Waals surface area (Å²) in [7, 11) is 0. The van der Waals surface area contributed by atoms with Crippen molar-refractivity contribution < 1.29 is 19.2 Å². The van der Waals surface area contributed by atoms with Gasteiger partial charge in [-0.15, -0.1) is 0 Å². The van der Waals surface area contributed by atoms with Crippen molar-refractivity contribution in [1.82, 2.24) is 5.32 Å². The molecule has 0 saturated heterocycles. The van der Waals surface area contributed by atoms with Gasteiger partial charge in [-0.05, 0) is 23.8 Å². The van der Waals surface area contributed by atoms with Gasteiger partial charge in [0.25, 0.3) is 11.6 Å². The van der Waals surface area contributed by atoms with Crippen molar-refractivity contribution in [3.63, 3.8) is 0 Å². The number of nitro groups is 1. The van der Waals surface area contributed by atoms with Gasteiger partial charge in [0.1, 0.15) is 6.26 Å². The molecule has 104 valence electrons. The van der Waals surface area contributed by atoms with E-state index in [9.17, 15) is 20.0 Å². The Kier molecular flexibility index (Phi) is 4.11. The SMILES string of the molecule is O=C(NCC(O)c1ccc([N+](=O)[O-])cc1)c1ccoc1. The van der Waals surface area contributed by atoms with Gasteiger partial charge in [0.05, 0.1) is 22.9 Å². The second-order valence-corrected chi connectivity index (χ2v) is 4.09. The minimum atomic E-state index is -0.938. The number of furan rings is 1. The fourth-order valence-corrected chi connectivity index (χ4v) is 1.62. The normalized spacial score (nSPS) is 11.8. The van der Waals surface area contributed by atoms with Crippen LogP contribution in [0.2, 0.25) is 0 Å².